The summed E-state index contributed by atoms with van der Waals surface area (Å²) < 4.78 is 0. The first-order valence-electron chi connectivity index (χ1n) is 5.04. The van der Waals surface area contributed by atoms with Crippen LogP contribution in [0.25, 0.3) is 0 Å². The van der Waals surface area contributed by atoms with Gasteiger partial charge in [-0.15, -0.1) is 0 Å². The number of hydrogen-bond acceptors (Lipinski definition) is 3. The molecular formula is C11H16N2O. The molecule has 1 atom stereocenters. The topological polar surface area (TPSA) is 44.3 Å². The summed E-state index contributed by atoms with van der Waals surface area (Å²) in [5.41, 5.74) is 2.26. The highest BCUT2D eigenvalue weighted by Crippen LogP contribution is 2.14. The Labute approximate surface area is 84.1 Å². The van der Waals surface area contributed by atoms with Crippen LogP contribution in [0.2, 0.25) is 0 Å². The minimum Gasteiger partial charge on any atom is -0.392 e. The number of aliphatic hydroxyl groups excluding tert-OH is 1. The van der Waals surface area contributed by atoms with Gasteiger partial charge in [-0.05, 0) is 11.1 Å². The fraction of sp³-hybridized carbons (Fsp3) is 0.455. The van der Waals surface area contributed by atoms with E-state index in [4.69, 9.17) is 5.11 Å². The highest BCUT2D eigenvalue weighted by molar-refractivity contribution is 5.25. The molecule has 0 aliphatic carbocycles. The molecule has 0 saturated carbocycles. The number of aliphatic hydroxyl groups is 1. The molecule has 0 bridgehead atoms. The first-order chi connectivity index (χ1) is 6.90. The van der Waals surface area contributed by atoms with Gasteiger partial charge in [-0.2, -0.15) is 0 Å². The van der Waals surface area contributed by atoms with Crippen LogP contribution in [0.4, 0.5) is 0 Å². The van der Waals surface area contributed by atoms with E-state index in [0.717, 1.165) is 25.2 Å². The van der Waals surface area contributed by atoms with Crippen molar-refractivity contribution in [1.29, 1.82) is 0 Å². The lowest BCUT2D eigenvalue weighted by molar-refractivity contribution is 0.282. The molecule has 3 heteroatoms. The SMILES string of the molecule is OCc1ccc([C@@H]2CNCCN2)cc1. The molecule has 2 rings (SSSR count). The fourth-order valence-corrected chi connectivity index (χ4v) is 1.74. The average Bonchev–Trinajstić information content (AvgIpc) is 2.30. The molecule has 1 aromatic carbocycles. The third-order valence-electron chi connectivity index (χ3n) is 2.61. The van der Waals surface area contributed by atoms with Gasteiger partial charge >= 0.3 is 0 Å². The van der Waals surface area contributed by atoms with E-state index in [1.165, 1.54) is 5.56 Å². The maximum Gasteiger partial charge on any atom is 0.0681 e. The summed E-state index contributed by atoms with van der Waals surface area (Å²) in [6, 6.07) is 8.53. The number of benzene rings is 1. The molecule has 1 saturated heterocycles. The lowest BCUT2D eigenvalue weighted by Crippen LogP contribution is -2.42. The zero-order valence-corrected chi connectivity index (χ0v) is 8.16. The molecule has 1 fully saturated rings. The van der Waals surface area contributed by atoms with Gasteiger partial charge in [0.2, 0.25) is 0 Å². The van der Waals surface area contributed by atoms with E-state index in [9.17, 15) is 0 Å². The number of nitrogens with one attached hydrogen (secondary N) is 2. The second kappa shape index (κ2) is 4.55. The van der Waals surface area contributed by atoms with Crippen molar-refractivity contribution in [3.63, 3.8) is 0 Å². The zero-order valence-electron chi connectivity index (χ0n) is 8.16. The Morgan fingerprint density at radius 2 is 2.00 bits per heavy atom. The standard InChI is InChI=1S/C11H16N2O/c14-8-9-1-3-10(4-2-9)11-7-12-5-6-13-11/h1-4,11-14H,5-8H2/t11-/m0/s1. The minimum absolute atomic E-state index is 0.122. The molecule has 0 aromatic heterocycles. The maximum absolute atomic E-state index is 8.91. The average molecular weight is 192 g/mol. The predicted octanol–water partition coefficient (Wildman–Crippen LogP) is 0.413. The van der Waals surface area contributed by atoms with E-state index in [1.54, 1.807) is 0 Å². The largest absolute Gasteiger partial charge is 0.392 e. The van der Waals surface area contributed by atoms with Crippen molar-refractivity contribution in [2.24, 2.45) is 0 Å². The summed E-state index contributed by atoms with van der Waals surface area (Å²) in [5, 5.41) is 15.7. The molecule has 0 amide bonds. The summed E-state index contributed by atoms with van der Waals surface area (Å²) >= 11 is 0. The minimum atomic E-state index is 0.122. The highest BCUT2D eigenvalue weighted by Gasteiger charge is 2.13. The van der Waals surface area contributed by atoms with Crippen molar-refractivity contribution in [3.05, 3.63) is 35.4 Å². The molecule has 1 heterocycles. The van der Waals surface area contributed by atoms with Gasteiger partial charge in [0.05, 0.1) is 6.61 Å². The van der Waals surface area contributed by atoms with Gasteiger partial charge in [-0.25, -0.2) is 0 Å². The van der Waals surface area contributed by atoms with Crippen LogP contribution < -0.4 is 10.6 Å². The lowest BCUT2D eigenvalue weighted by atomic mass is 10.0. The van der Waals surface area contributed by atoms with Crippen LogP contribution in [0.1, 0.15) is 17.2 Å². The third kappa shape index (κ3) is 2.12. The van der Waals surface area contributed by atoms with Crippen LogP contribution in [-0.2, 0) is 6.61 Å². The first kappa shape index (κ1) is 9.65. The quantitative estimate of drug-likeness (QED) is 0.636. The first-order valence-corrected chi connectivity index (χ1v) is 5.04. The maximum atomic E-state index is 8.91. The van der Waals surface area contributed by atoms with Crippen LogP contribution in [-0.4, -0.2) is 24.7 Å². The molecule has 3 N–H and O–H groups in total. The van der Waals surface area contributed by atoms with Crippen molar-refractivity contribution < 1.29 is 5.11 Å². The number of hydrogen-bond donors (Lipinski definition) is 3. The highest BCUT2D eigenvalue weighted by atomic mass is 16.3. The number of piperazine rings is 1. The van der Waals surface area contributed by atoms with Gasteiger partial charge in [0, 0.05) is 25.7 Å². The van der Waals surface area contributed by atoms with E-state index in [2.05, 4.69) is 22.8 Å². The summed E-state index contributed by atoms with van der Waals surface area (Å²) in [7, 11) is 0. The smallest absolute Gasteiger partial charge is 0.0681 e. The van der Waals surface area contributed by atoms with Gasteiger partial charge in [0.1, 0.15) is 0 Å². The summed E-state index contributed by atoms with van der Waals surface area (Å²) in [5.74, 6) is 0. The monoisotopic (exact) mass is 192 g/mol. The molecule has 1 aromatic rings. The Bertz CT molecular complexity index is 278. The van der Waals surface area contributed by atoms with Crippen molar-refractivity contribution in [2.45, 2.75) is 12.6 Å². The molecule has 0 unspecified atom stereocenters. The fourth-order valence-electron chi connectivity index (χ4n) is 1.74. The molecular weight excluding hydrogens is 176 g/mol. The van der Waals surface area contributed by atoms with Crippen LogP contribution >= 0.6 is 0 Å². The van der Waals surface area contributed by atoms with Crippen molar-refractivity contribution in [1.82, 2.24) is 10.6 Å². The zero-order chi connectivity index (χ0) is 9.80. The summed E-state index contributed by atoms with van der Waals surface area (Å²) in [4.78, 5) is 0. The van der Waals surface area contributed by atoms with Gasteiger partial charge < -0.3 is 15.7 Å². The van der Waals surface area contributed by atoms with Crippen LogP contribution in [0.15, 0.2) is 24.3 Å². The van der Waals surface area contributed by atoms with Gasteiger partial charge in [0.25, 0.3) is 0 Å². The molecule has 1 aliphatic rings. The Balaban J connectivity index is 2.07. The van der Waals surface area contributed by atoms with E-state index in [0.29, 0.717) is 6.04 Å². The molecule has 76 valence electrons. The summed E-state index contributed by atoms with van der Waals surface area (Å²) in [6.45, 7) is 3.17. The second-order valence-corrected chi connectivity index (χ2v) is 3.61. The normalized spacial score (nSPS) is 22.2. The van der Waals surface area contributed by atoms with E-state index < -0.39 is 0 Å². The number of rotatable bonds is 2. The van der Waals surface area contributed by atoms with Gasteiger partial charge in [0.15, 0.2) is 0 Å². The van der Waals surface area contributed by atoms with Crippen LogP contribution in [0, 0.1) is 0 Å². The van der Waals surface area contributed by atoms with Gasteiger partial charge in [-0.1, -0.05) is 24.3 Å². The molecule has 0 spiro atoms. The molecule has 3 nitrogen and oxygen atoms in total. The predicted molar refractivity (Wildman–Crippen MR) is 56.0 cm³/mol. The van der Waals surface area contributed by atoms with E-state index in [-0.39, 0.29) is 6.61 Å². The summed E-state index contributed by atoms with van der Waals surface area (Å²) in [6.07, 6.45) is 0. The Hall–Kier alpha value is -0.900. The van der Waals surface area contributed by atoms with Crippen LogP contribution in [0.5, 0.6) is 0 Å². The van der Waals surface area contributed by atoms with E-state index >= 15 is 0 Å². The molecule has 0 radical (unpaired) electrons. The Morgan fingerprint density at radius 1 is 1.21 bits per heavy atom. The Kier molecular flexibility index (Phi) is 3.14. The Morgan fingerprint density at radius 3 is 2.57 bits per heavy atom. The second-order valence-electron chi connectivity index (χ2n) is 3.61. The molecule has 14 heavy (non-hydrogen) atoms. The molecule has 1 aliphatic heterocycles. The van der Waals surface area contributed by atoms with E-state index in [1.807, 2.05) is 12.1 Å². The van der Waals surface area contributed by atoms with Crippen molar-refractivity contribution >= 4 is 0 Å². The third-order valence-corrected chi connectivity index (χ3v) is 2.61. The van der Waals surface area contributed by atoms with Crippen molar-refractivity contribution in [3.8, 4) is 0 Å². The lowest BCUT2D eigenvalue weighted by Gasteiger charge is -2.24. The van der Waals surface area contributed by atoms with Crippen LogP contribution in [0.3, 0.4) is 0 Å². The van der Waals surface area contributed by atoms with Gasteiger partial charge in [-0.3, -0.25) is 0 Å². The van der Waals surface area contributed by atoms with Crippen molar-refractivity contribution in [2.75, 3.05) is 19.6 Å².